The van der Waals surface area contributed by atoms with Crippen LogP contribution in [0, 0.1) is 0 Å². The number of fused-ring (bicyclic) bond motifs is 1. The summed E-state index contributed by atoms with van der Waals surface area (Å²) in [6.07, 6.45) is 8.73. The molecule has 1 amide bonds. The van der Waals surface area contributed by atoms with Gasteiger partial charge in [0, 0.05) is 13.1 Å². The summed E-state index contributed by atoms with van der Waals surface area (Å²) in [5.41, 5.74) is 2.09. The van der Waals surface area contributed by atoms with Crippen LogP contribution in [0.3, 0.4) is 0 Å². The van der Waals surface area contributed by atoms with E-state index in [2.05, 4.69) is 21.6 Å². The van der Waals surface area contributed by atoms with Crippen LogP contribution < -0.4 is 0 Å². The van der Waals surface area contributed by atoms with E-state index in [1.54, 1.807) is 0 Å². The van der Waals surface area contributed by atoms with Crippen LogP contribution in [0.5, 0.6) is 0 Å². The Morgan fingerprint density at radius 2 is 1.54 bits per heavy atom. The molecule has 0 atom stereocenters. The van der Waals surface area contributed by atoms with Crippen molar-refractivity contribution in [3.8, 4) is 0 Å². The molecule has 26 heavy (non-hydrogen) atoms. The summed E-state index contributed by atoms with van der Waals surface area (Å²) >= 11 is 0. The minimum absolute atomic E-state index is 0.241. The van der Waals surface area contributed by atoms with Gasteiger partial charge in [0.1, 0.15) is 12.4 Å². The van der Waals surface area contributed by atoms with Gasteiger partial charge in [0.25, 0.3) is 0 Å². The highest BCUT2D eigenvalue weighted by molar-refractivity contribution is 5.81. The Labute approximate surface area is 156 Å². The topological polar surface area (TPSA) is 41.4 Å². The van der Waals surface area contributed by atoms with Crippen LogP contribution in [-0.2, 0) is 17.9 Å². The summed E-state index contributed by atoms with van der Waals surface area (Å²) < 4.78 is 2.16. The first-order chi connectivity index (χ1) is 12.8. The van der Waals surface area contributed by atoms with Crippen LogP contribution in [0.15, 0.2) is 24.3 Å². The summed E-state index contributed by atoms with van der Waals surface area (Å²) in [6.45, 7) is 5.37. The van der Waals surface area contributed by atoms with Crippen molar-refractivity contribution in [2.24, 2.45) is 0 Å². The quantitative estimate of drug-likeness (QED) is 0.845. The van der Waals surface area contributed by atoms with Gasteiger partial charge in [0.2, 0.25) is 5.91 Å². The minimum atomic E-state index is 0.241. The van der Waals surface area contributed by atoms with Crippen molar-refractivity contribution in [1.82, 2.24) is 19.4 Å². The van der Waals surface area contributed by atoms with E-state index in [-0.39, 0.29) is 5.91 Å². The molecule has 0 aliphatic carbocycles. The molecule has 2 fully saturated rings. The van der Waals surface area contributed by atoms with Gasteiger partial charge in [-0.25, -0.2) is 4.98 Å². The summed E-state index contributed by atoms with van der Waals surface area (Å²) in [6, 6.07) is 8.23. The maximum atomic E-state index is 12.9. The van der Waals surface area contributed by atoms with Gasteiger partial charge in [-0.05, 0) is 57.3 Å². The van der Waals surface area contributed by atoms with Crippen molar-refractivity contribution in [3.63, 3.8) is 0 Å². The second-order valence-corrected chi connectivity index (χ2v) is 7.73. The van der Waals surface area contributed by atoms with Crippen molar-refractivity contribution < 1.29 is 4.79 Å². The lowest BCUT2D eigenvalue weighted by Gasteiger charge is -2.27. The predicted octanol–water partition coefficient (Wildman–Crippen LogP) is 3.42. The van der Waals surface area contributed by atoms with Gasteiger partial charge in [0.15, 0.2) is 0 Å². The number of hydrogen-bond acceptors (Lipinski definition) is 3. The Hall–Kier alpha value is -1.88. The zero-order valence-electron chi connectivity index (χ0n) is 15.7. The van der Waals surface area contributed by atoms with Gasteiger partial charge in [-0.3, -0.25) is 9.69 Å². The van der Waals surface area contributed by atoms with Crippen LogP contribution in [0.1, 0.15) is 50.8 Å². The first kappa shape index (κ1) is 17.5. The fourth-order valence-electron chi connectivity index (χ4n) is 4.30. The number of benzene rings is 1. The summed E-state index contributed by atoms with van der Waals surface area (Å²) in [5, 5.41) is 0. The van der Waals surface area contributed by atoms with Gasteiger partial charge in [-0.1, -0.05) is 25.0 Å². The zero-order chi connectivity index (χ0) is 17.8. The molecule has 3 heterocycles. The molecule has 0 N–H and O–H groups in total. The molecule has 5 nitrogen and oxygen atoms in total. The van der Waals surface area contributed by atoms with Gasteiger partial charge < -0.3 is 9.47 Å². The van der Waals surface area contributed by atoms with E-state index < -0.39 is 0 Å². The molecule has 0 unspecified atom stereocenters. The van der Waals surface area contributed by atoms with Gasteiger partial charge in [0.05, 0.1) is 17.6 Å². The normalized spacial score (nSPS) is 19.6. The number of carbonyl (C=O) groups excluding carboxylic acids is 1. The SMILES string of the molecule is O=C(Cn1c(CN2CCCCCC2)nc2ccccc21)N1CCCCC1. The number of carbonyl (C=O) groups is 1. The van der Waals surface area contributed by atoms with Crippen LogP contribution >= 0.6 is 0 Å². The van der Waals surface area contributed by atoms with E-state index in [1.807, 2.05) is 17.0 Å². The van der Waals surface area contributed by atoms with Crippen LogP contribution in [0.25, 0.3) is 11.0 Å². The van der Waals surface area contributed by atoms with Crippen LogP contribution in [0.2, 0.25) is 0 Å². The van der Waals surface area contributed by atoms with Crippen molar-refractivity contribution in [2.45, 2.75) is 58.0 Å². The van der Waals surface area contributed by atoms with Gasteiger partial charge in [-0.2, -0.15) is 0 Å². The predicted molar refractivity (Wildman–Crippen MR) is 104 cm³/mol. The van der Waals surface area contributed by atoms with Crippen molar-refractivity contribution in [1.29, 1.82) is 0 Å². The molecule has 0 radical (unpaired) electrons. The molecule has 2 aliphatic rings. The smallest absolute Gasteiger partial charge is 0.242 e. The second-order valence-electron chi connectivity index (χ2n) is 7.73. The molecule has 1 aromatic heterocycles. The first-order valence-corrected chi connectivity index (χ1v) is 10.3. The van der Waals surface area contributed by atoms with Crippen molar-refractivity contribution >= 4 is 16.9 Å². The Morgan fingerprint density at radius 3 is 2.31 bits per heavy atom. The average molecular weight is 354 g/mol. The minimum Gasteiger partial charge on any atom is -0.341 e. The standard InChI is InChI=1S/C21H30N4O/c26-21(24-14-8-3-9-15-24)17-25-19-11-5-4-10-18(19)22-20(25)16-23-12-6-1-2-7-13-23/h4-5,10-11H,1-3,6-9,12-17H2. The summed E-state index contributed by atoms with van der Waals surface area (Å²) in [5.74, 6) is 1.28. The molecule has 2 saturated heterocycles. The first-order valence-electron chi connectivity index (χ1n) is 10.3. The van der Waals surface area contributed by atoms with Crippen molar-refractivity contribution in [3.05, 3.63) is 30.1 Å². The van der Waals surface area contributed by atoms with E-state index in [9.17, 15) is 4.79 Å². The number of para-hydroxylation sites is 2. The zero-order valence-corrected chi connectivity index (χ0v) is 15.7. The number of imidazole rings is 1. The fraction of sp³-hybridized carbons (Fsp3) is 0.619. The molecular formula is C21H30N4O. The number of nitrogens with zero attached hydrogens (tertiary/aromatic N) is 4. The fourth-order valence-corrected chi connectivity index (χ4v) is 4.30. The highest BCUT2D eigenvalue weighted by atomic mass is 16.2. The maximum absolute atomic E-state index is 12.9. The molecular weight excluding hydrogens is 324 g/mol. The third kappa shape index (κ3) is 3.93. The van der Waals surface area contributed by atoms with Gasteiger partial charge >= 0.3 is 0 Å². The lowest BCUT2D eigenvalue weighted by Crippen LogP contribution is -2.38. The monoisotopic (exact) mass is 354 g/mol. The highest BCUT2D eigenvalue weighted by Crippen LogP contribution is 2.20. The number of likely N-dealkylation sites (tertiary alicyclic amines) is 2. The van der Waals surface area contributed by atoms with E-state index in [1.165, 1.54) is 32.1 Å². The van der Waals surface area contributed by atoms with Crippen LogP contribution in [-0.4, -0.2) is 51.4 Å². The molecule has 1 aromatic carbocycles. The van der Waals surface area contributed by atoms with E-state index in [0.29, 0.717) is 6.54 Å². The number of piperidine rings is 1. The lowest BCUT2D eigenvalue weighted by atomic mass is 10.1. The molecule has 0 bridgehead atoms. The molecule has 140 valence electrons. The molecule has 0 spiro atoms. The molecule has 2 aliphatic heterocycles. The Morgan fingerprint density at radius 1 is 0.885 bits per heavy atom. The van der Waals surface area contributed by atoms with Gasteiger partial charge in [-0.15, -0.1) is 0 Å². The largest absolute Gasteiger partial charge is 0.341 e. The Kier molecular flexibility index (Phi) is 5.54. The average Bonchev–Trinajstić information content (AvgIpc) is 2.84. The van der Waals surface area contributed by atoms with E-state index in [0.717, 1.165) is 62.4 Å². The lowest BCUT2D eigenvalue weighted by molar-refractivity contribution is -0.132. The van der Waals surface area contributed by atoms with E-state index >= 15 is 0 Å². The number of hydrogen-bond donors (Lipinski definition) is 0. The third-order valence-electron chi connectivity index (χ3n) is 5.80. The van der Waals surface area contributed by atoms with Crippen molar-refractivity contribution in [2.75, 3.05) is 26.2 Å². The molecule has 2 aromatic rings. The Bertz CT molecular complexity index is 740. The summed E-state index contributed by atoms with van der Waals surface area (Å²) in [7, 11) is 0. The Balaban J connectivity index is 1.57. The second kappa shape index (κ2) is 8.21. The maximum Gasteiger partial charge on any atom is 0.242 e. The summed E-state index contributed by atoms with van der Waals surface area (Å²) in [4.78, 5) is 22.3. The number of rotatable bonds is 4. The van der Waals surface area contributed by atoms with Crippen LogP contribution in [0.4, 0.5) is 0 Å². The number of aromatic nitrogens is 2. The highest BCUT2D eigenvalue weighted by Gasteiger charge is 2.21. The molecule has 0 saturated carbocycles. The number of amides is 1. The molecule has 4 rings (SSSR count). The third-order valence-corrected chi connectivity index (χ3v) is 5.80. The van der Waals surface area contributed by atoms with E-state index in [4.69, 9.17) is 4.98 Å². The molecule has 5 heteroatoms.